The first-order valence-electron chi connectivity index (χ1n) is 9.93. The Morgan fingerprint density at radius 2 is 1.80 bits per heavy atom. The molecule has 0 atom stereocenters. The Hall–Kier alpha value is -2.96. The van der Waals surface area contributed by atoms with E-state index in [0.29, 0.717) is 0 Å². The summed E-state index contributed by atoms with van der Waals surface area (Å²) in [6.07, 6.45) is 8.44. The molecule has 0 spiro atoms. The van der Waals surface area contributed by atoms with Crippen LogP contribution in [0.5, 0.6) is 0 Å². The van der Waals surface area contributed by atoms with Gasteiger partial charge in [0.2, 0.25) is 0 Å². The van der Waals surface area contributed by atoms with Crippen LogP contribution in [-0.4, -0.2) is 31.4 Å². The lowest BCUT2D eigenvalue weighted by Crippen LogP contribution is -2.31. The zero-order valence-electron chi connectivity index (χ0n) is 16.4. The van der Waals surface area contributed by atoms with Crippen LogP contribution >= 0.6 is 15.9 Å². The van der Waals surface area contributed by atoms with Gasteiger partial charge in [-0.1, -0.05) is 34.1 Å². The van der Waals surface area contributed by atoms with Crippen LogP contribution in [-0.2, 0) is 19.5 Å². The molecular formula is C24H20BrN5. The van der Waals surface area contributed by atoms with Gasteiger partial charge in [-0.2, -0.15) is 0 Å². The second-order valence-corrected chi connectivity index (χ2v) is 8.34. The second-order valence-electron chi connectivity index (χ2n) is 7.43. The molecule has 0 bridgehead atoms. The van der Waals surface area contributed by atoms with Crippen molar-refractivity contribution >= 4 is 15.9 Å². The fourth-order valence-corrected chi connectivity index (χ4v) is 3.98. The number of rotatable bonds is 4. The number of aromatic nitrogens is 4. The summed E-state index contributed by atoms with van der Waals surface area (Å²) >= 11 is 3.47. The summed E-state index contributed by atoms with van der Waals surface area (Å²) in [6.45, 7) is 2.71. The highest BCUT2D eigenvalue weighted by molar-refractivity contribution is 9.10. The Morgan fingerprint density at radius 1 is 0.900 bits per heavy atom. The van der Waals surface area contributed by atoms with Crippen LogP contribution in [0.4, 0.5) is 0 Å². The van der Waals surface area contributed by atoms with Gasteiger partial charge in [0.15, 0.2) is 5.82 Å². The van der Waals surface area contributed by atoms with Gasteiger partial charge in [0, 0.05) is 72.0 Å². The average Bonchev–Trinajstić information content (AvgIpc) is 2.80. The molecule has 5 nitrogen and oxygen atoms in total. The van der Waals surface area contributed by atoms with E-state index < -0.39 is 0 Å². The monoisotopic (exact) mass is 457 g/mol. The van der Waals surface area contributed by atoms with Crippen molar-refractivity contribution < 1.29 is 0 Å². The summed E-state index contributed by atoms with van der Waals surface area (Å²) in [6, 6.07) is 16.4. The van der Waals surface area contributed by atoms with Crippen LogP contribution < -0.4 is 0 Å². The van der Waals surface area contributed by atoms with E-state index in [1.807, 2.05) is 42.9 Å². The third-order valence-corrected chi connectivity index (χ3v) is 5.83. The third-order valence-electron chi connectivity index (χ3n) is 5.30. The minimum Gasteiger partial charge on any atom is -0.294 e. The van der Waals surface area contributed by atoms with E-state index in [-0.39, 0.29) is 0 Å². The van der Waals surface area contributed by atoms with Gasteiger partial charge in [-0.25, -0.2) is 9.97 Å². The van der Waals surface area contributed by atoms with Crippen LogP contribution in [0.1, 0.15) is 16.8 Å². The molecule has 0 N–H and O–H groups in total. The van der Waals surface area contributed by atoms with Crippen LogP contribution in [0.2, 0.25) is 0 Å². The van der Waals surface area contributed by atoms with Crippen molar-refractivity contribution in [3.63, 3.8) is 0 Å². The van der Waals surface area contributed by atoms with Crippen molar-refractivity contribution in [2.45, 2.75) is 19.5 Å². The molecule has 30 heavy (non-hydrogen) atoms. The average molecular weight is 458 g/mol. The van der Waals surface area contributed by atoms with Crippen LogP contribution in [0, 0.1) is 0 Å². The number of nitrogens with zero attached hydrogens (tertiary/aromatic N) is 5. The highest BCUT2D eigenvalue weighted by atomic mass is 79.9. The maximum atomic E-state index is 4.78. The van der Waals surface area contributed by atoms with Crippen molar-refractivity contribution in [1.29, 1.82) is 0 Å². The lowest BCUT2D eigenvalue weighted by molar-refractivity contribution is 0.242. The third kappa shape index (κ3) is 4.15. The van der Waals surface area contributed by atoms with Crippen molar-refractivity contribution in [3.8, 4) is 22.6 Å². The highest BCUT2D eigenvalue weighted by Crippen LogP contribution is 2.23. The molecule has 148 valence electrons. The van der Waals surface area contributed by atoms with Crippen LogP contribution in [0.25, 0.3) is 22.6 Å². The van der Waals surface area contributed by atoms with Gasteiger partial charge in [-0.3, -0.25) is 14.9 Å². The standard InChI is InChI=1S/C24H20BrN5/c25-21-6-4-18(5-7-21)22-8-3-17(12-27-22)15-30-11-9-23-20(16-30)14-28-24(29-23)19-2-1-10-26-13-19/h1-8,10,12-14H,9,11,15-16H2. The van der Waals surface area contributed by atoms with E-state index in [1.165, 1.54) is 11.1 Å². The Morgan fingerprint density at radius 3 is 2.57 bits per heavy atom. The molecule has 0 saturated heterocycles. The van der Waals surface area contributed by atoms with Crippen molar-refractivity contribution in [2.75, 3.05) is 6.54 Å². The number of hydrogen-bond acceptors (Lipinski definition) is 5. The molecule has 0 unspecified atom stereocenters. The van der Waals surface area contributed by atoms with E-state index in [0.717, 1.165) is 58.9 Å². The summed E-state index contributed by atoms with van der Waals surface area (Å²) in [7, 11) is 0. The minimum absolute atomic E-state index is 0.753. The second kappa shape index (κ2) is 8.42. The number of hydrogen-bond donors (Lipinski definition) is 0. The summed E-state index contributed by atoms with van der Waals surface area (Å²) in [4.78, 5) is 20.6. The smallest absolute Gasteiger partial charge is 0.160 e. The molecule has 0 radical (unpaired) electrons. The summed E-state index contributed by atoms with van der Waals surface area (Å²) in [5.74, 6) is 0.753. The molecule has 1 aliphatic heterocycles. The molecular weight excluding hydrogens is 438 g/mol. The Kier molecular flexibility index (Phi) is 5.34. The van der Waals surface area contributed by atoms with Gasteiger partial charge in [-0.05, 0) is 35.9 Å². The minimum atomic E-state index is 0.753. The molecule has 3 aromatic heterocycles. The first-order chi connectivity index (χ1) is 14.7. The Labute approximate surface area is 184 Å². The molecule has 0 fully saturated rings. The van der Waals surface area contributed by atoms with E-state index in [1.54, 1.807) is 6.20 Å². The Balaban J connectivity index is 1.27. The van der Waals surface area contributed by atoms with Crippen molar-refractivity contribution in [1.82, 2.24) is 24.8 Å². The van der Waals surface area contributed by atoms with E-state index in [9.17, 15) is 0 Å². The molecule has 1 aromatic carbocycles. The van der Waals surface area contributed by atoms with Crippen molar-refractivity contribution in [2.24, 2.45) is 0 Å². The zero-order chi connectivity index (χ0) is 20.3. The van der Waals surface area contributed by atoms with Gasteiger partial charge in [-0.15, -0.1) is 0 Å². The largest absolute Gasteiger partial charge is 0.294 e. The number of halogens is 1. The number of pyridine rings is 2. The highest BCUT2D eigenvalue weighted by Gasteiger charge is 2.19. The van der Waals surface area contributed by atoms with E-state index >= 15 is 0 Å². The van der Waals surface area contributed by atoms with Gasteiger partial charge >= 0.3 is 0 Å². The molecule has 0 aliphatic carbocycles. The molecule has 5 rings (SSSR count). The predicted octanol–water partition coefficient (Wildman–Crippen LogP) is 4.92. The van der Waals surface area contributed by atoms with E-state index in [2.05, 4.69) is 60.0 Å². The predicted molar refractivity (Wildman–Crippen MR) is 120 cm³/mol. The summed E-state index contributed by atoms with van der Waals surface area (Å²) in [5.41, 5.74) is 6.63. The molecule has 0 amide bonds. The number of fused-ring (bicyclic) bond motifs is 1. The summed E-state index contributed by atoms with van der Waals surface area (Å²) < 4.78 is 1.07. The SMILES string of the molecule is Brc1ccc(-c2ccc(CN3CCc4nc(-c5cccnc5)ncc4C3)cn2)cc1. The molecule has 6 heteroatoms. The normalized spacial score (nSPS) is 13.8. The molecule has 4 heterocycles. The van der Waals surface area contributed by atoms with Crippen molar-refractivity contribution in [3.05, 3.63) is 94.6 Å². The zero-order valence-corrected chi connectivity index (χ0v) is 18.0. The molecule has 1 aliphatic rings. The quantitative estimate of drug-likeness (QED) is 0.435. The Bertz CT molecular complexity index is 1140. The first-order valence-corrected chi connectivity index (χ1v) is 10.7. The van der Waals surface area contributed by atoms with Gasteiger partial charge in [0.25, 0.3) is 0 Å². The lowest BCUT2D eigenvalue weighted by atomic mass is 10.1. The van der Waals surface area contributed by atoms with Crippen LogP contribution in [0.15, 0.2) is 77.8 Å². The number of benzene rings is 1. The molecule has 4 aromatic rings. The fraction of sp³-hybridized carbons (Fsp3) is 0.167. The van der Waals surface area contributed by atoms with Crippen LogP contribution in [0.3, 0.4) is 0 Å². The maximum Gasteiger partial charge on any atom is 0.160 e. The lowest BCUT2D eigenvalue weighted by Gasteiger charge is -2.28. The van der Waals surface area contributed by atoms with Gasteiger partial charge in [0.05, 0.1) is 11.4 Å². The van der Waals surface area contributed by atoms with Gasteiger partial charge < -0.3 is 0 Å². The fourth-order valence-electron chi connectivity index (χ4n) is 3.71. The molecule has 0 saturated carbocycles. The van der Waals surface area contributed by atoms with E-state index in [4.69, 9.17) is 4.98 Å². The summed E-state index contributed by atoms with van der Waals surface area (Å²) in [5, 5.41) is 0. The first kappa shape index (κ1) is 19.0. The topological polar surface area (TPSA) is 54.8 Å². The maximum absolute atomic E-state index is 4.78. The van der Waals surface area contributed by atoms with Gasteiger partial charge in [0.1, 0.15) is 0 Å².